The number of methoxy groups -OCH3 is 1. The lowest BCUT2D eigenvalue weighted by molar-refractivity contribution is -0.150. The third-order valence-electron chi connectivity index (χ3n) is 4.55. The Morgan fingerprint density at radius 3 is 3.00 bits per heavy atom. The molecule has 2 aliphatic heterocycles. The van der Waals surface area contributed by atoms with Crippen LogP contribution in [0.25, 0.3) is 0 Å². The molecule has 0 radical (unpaired) electrons. The van der Waals surface area contributed by atoms with Gasteiger partial charge in [0, 0.05) is 13.0 Å². The van der Waals surface area contributed by atoms with Crippen molar-refractivity contribution < 1.29 is 19.0 Å². The van der Waals surface area contributed by atoms with E-state index < -0.39 is 0 Å². The Labute approximate surface area is 93.5 Å². The Morgan fingerprint density at radius 1 is 1.38 bits per heavy atom. The third kappa shape index (κ3) is 0.908. The van der Waals surface area contributed by atoms with E-state index in [1.807, 2.05) is 6.08 Å². The van der Waals surface area contributed by atoms with Gasteiger partial charge in [-0.2, -0.15) is 0 Å². The van der Waals surface area contributed by atoms with Gasteiger partial charge in [-0.1, -0.05) is 6.08 Å². The molecule has 0 aromatic carbocycles. The van der Waals surface area contributed by atoms with Gasteiger partial charge in [0.05, 0.1) is 24.2 Å². The molecule has 1 saturated carbocycles. The maximum Gasteiger partial charge on any atom is 0.312 e. The number of carbonyl (C=O) groups is 1. The van der Waals surface area contributed by atoms with Crippen molar-refractivity contribution in [3.63, 3.8) is 0 Å². The molecule has 0 aromatic heterocycles. The van der Waals surface area contributed by atoms with Crippen molar-refractivity contribution in [2.45, 2.75) is 30.8 Å². The van der Waals surface area contributed by atoms with Crippen LogP contribution in [0.5, 0.6) is 0 Å². The Kier molecular flexibility index (Phi) is 1.65. The Morgan fingerprint density at radius 2 is 2.19 bits per heavy atom. The van der Waals surface area contributed by atoms with Crippen molar-refractivity contribution in [1.29, 1.82) is 0 Å². The molecule has 7 atom stereocenters. The molecular formula is C12H14O4. The number of rotatable bonds is 1. The SMILES string of the molecule is CO[C@@H]1[C@H]2C(=O)O[C@H]3C=C[C@H]4O[C@@H]1C[C@H]4[C@@H]23. The first kappa shape index (κ1) is 9.19. The van der Waals surface area contributed by atoms with Crippen LogP contribution < -0.4 is 0 Å². The first-order valence-electron chi connectivity index (χ1n) is 5.86. The molecule has 0 N–H and O–H groups in total. The molecule has 4 heteroatoms. The quantitative estimate of drug-likeness (QED) is 0.479. The first-order chi connectivity index (χ1) is 7.79. The van der Waals surface area contributed by atoms with Gasteiger partial charge in [-0.05, 0) is 18.4 Å². The fraction of sp³-hybridized carbons (Fsp3) is 0.750. The second-order valence-corrected chi connectivity index (χ2v) is 5.13. The number of ether oxygens (including phenoxy) is 3. The van der Waals surface area contributed by atoms with Crippen LogP contribution >= 0.6 is 0 Å². The fourth-order valence-corrected chi connectivity index (χ4v) is 3.97. The lowest BCUT2D eigenvalue weighted by Crippen LogP contribution is -2.46. The molecule has 4 nitrogen and oxygen atoms in total. The van der Waals surface area contributed by atoms with Crippen LogP contribution in [0.4, 0.5) is 0 Å². The molecule has 2 saturated heterocycles. The van der Waals surface area contributed by atoms with E-state index in [0.717, 1.165) is 6.42 Å². The van der Waals surface area contributed by atoms with E-state index in [2.05, 4.69) is 6.08 Å². The zero-order valence-electron chi connectivity index (χ0n) is 9.04. The molecular weight excluding hydrogens is 208 g/mol. The zero-order valence-corrected chi connectivity index (χ0v) is 9.04. The molecule has 3 fully saturated rings. The molecule has 4 rings (SSSR count). The molecule has 2 bridgehead atoms. The first-order valence-corrected chi connectivity index (χ1v) is 5.86. The van der Waals surface area contributed by atoms with Gasteiger partial charge in [0.25, 0.3) is 0 Å². The Hall–Kier alpha value is -0.870. The van der Waals surface area contributed by atoms with Crippen LogP contribution in [0.2, 0.25) is 0 Å². The Bertz CT molecular complexity index is 377. The predicted molar refractivity (Wildman–Crippen MR) is 53.6 cm³/mol. The molecule has 2 heterocycles. The van der Waals surface area contributed by atoms with Crippen LogP contribution in [-0.2, 0) is 19.0 Å². The van der Waals surface area contributed by atoms with E-state index >= 15 is 0 Å². The van der Waals surface area contributed by atoms with Gasteiger partial charge >= 0.3 is 5.97 Å². The maximum atomic E-state index is 11.9. The van der Waals surface area contributed by atoms with Crippen molar-refractivity contribution in [2.75, 3.05) is 7.11 Å². The van der Waals surface area contributed by atoms with Gasteiger partial charge in [0.15, 0.2) is 0 Å². The lowest BCUT2D eigenvalue weighted by Gasteiger charge is -2.36. The van der Waals surface area contributed by atoms with E-state index in [9.17, 15) is 4.79 Å². The van der Waals surface area contributed by atoms with Crippen molar-refractivity contribution in [3.05, 3.63) is 12.2 Å². The lowest BCUT2D eigenvalue weighted by atomic mass is 9.66. The molecule has 4 aliphatic rings. The minimum Gasteiger partial charge on any atom is -0.457 e. The van der Waals surface area contributed by atoms with E-state index in [1.165, 1.54) is 0 Å². The average molecular weight is 222 g/mol. The molecule has 0 aromatic rings. The van der Waals surface area contributed by atoms with Crippen molar-refractivity contribution in [1.82, 2.24) is 0 Å². The summed E-state index contributed by atoms with van der Waals surface area (Å²) in [5.41, 5.74) is 0. The summed E-state index contributed by atoms with van der Waals surface area (Å²) in [4.78, 5) is 11.9. The summed E-state index contributed by atoms with van der Waals surface area (Å²) in [5.74, 6) is 0.495. The topological polar surface area (TPSA) is 44.8 Å². The van der Waals surface area contributed by atoms with Crippen molar-refractivity contribution >= 4 is 5.97 Å². The number of hydrogen-bond donors (Lipinski definition) is 0. The van der Waals surface area contributed by atoms with Gasteiger partial charge in [0.1, 0.15) is 6.10 Å². The Balaban J connectivity index is 1.84. The highest BCUT2D eigenvalue weighted by molar-refractivity contribution is 5.77. The number of fused-ring (bicyclic) bond motifs is 1. The van der Waals surface area contributed by atoms with Crippen molar-refractivity contribution in [3.8, 4) is 0 Å². The van der Waals surface area contributed by atoms with Crippen LogP contribution in [-0.4, -0.2) is 37.5 Å². The van der Waals surface area contributed by atoms with Gasteiger partial charge < -0.3 is 14.2 Å². The number of carbonyl (C=O) groups excluding carboxylic acids is 1. The second-order valence-electron chi connectivity index (χ2n) is 5.13. The van der Waals surface area contributed by atoms with E-state index in [0.29, 0.717) is 5.92 Å². The molecule has 0 amide bonds. The van der Waals surface area contributed by atoms with Gasteiger partial charge in [0.2, 0.25) is 0 Å². The zero-order chi connectivity index (χ0) is 10.9. The minimum atomic E-state index is -0.122. The summed E-state index contributed by atoms with van der Waals surface area (Å²) in [6, 6.07) is 0. The van der Waals surface area contributed by atoms with Crippen molar-refractivity contribution in [2.24, 2.45) is 17.8 Å². The number of hydrogen-bond acceptors (Lipinski definition) is 4. The van der Waals surface area contributed by atoms with E-state index in [1.54, 1.807) is 7.11 Å². The monoisotopic (exact) mass is 222 g/mol. The van der Waals surface area contributed by atoms with Crippen LogP contribution in [0.15, 0.2) is 12.2 Å². The fourth-order valence-electron chi connectivity index (χ4n) is 3.97. The van der Waals surface area contributed by atoms with Crippen LogP contribution in [0.1, 0.15) is 6.42 Å². The summed E-state index contributed by atoms with van der Waals surface area (Å²) < 4.78 is 16.8. The standard InChI is InChI=1S/C12H14O4/c1-14-11-8-4-5-6(15-8)2-3-7-9(5)10(11)12(13)16-7/h2-3,5-11H,4H2,1H3/t5-,6-,7+,8-,9-,10+,11+/m1/s1. The average Bonchev–Trinajstić information content (AvgIpc) is 2.81. The van der Waals surface area contributed by atoms with Crippen LogP contribution in [0, 0.1) is 17.8 Å². The van der Waals surface area contributed by atoms with E-state index in [4.69, 9.17) is 14.2 Å². The third-order valence-corrected chi connectivity index (χ3v) is 4.55. The molecule has 2 aliphatic carbocycles. The smallest absolute Gasteiger partial charge is 0.312 e. The molecule has 16 heavy (non-hydrogen) atoms. The summed E-state index contributed by atoms with van der Waals surface area (Å²) in [6.45, 7) is 0. The predicted octanol–water partition coefficient (Wildman–Crippen LogP) is 0.516. The second kappa shape index (κ2) is 2.87. The highest BCUT2D eigenvalue weighted by atomic mass is 16.6. The van der Waals surface area contributed by atoms with Gasteiger partial charge in [-0.3, -0.25) is 4.79 Å². The van der Waals surface area contributed by atoms with Gasteiger partial charge in [-0.25, -0.2) is 0 Å². The highest BCUT2D eigenvalue weighted by Crippen LogP contribution is 2.53. The van der Waals surface area contributed by atoms with Crippen LogP contribution in [0.3, 0.4) is 0 Å². The highest BCUT2D eigenvalue weighted by Gasteiger charge is 2.63. The maximum absolute atomic E-state index is 11.9. The van der Waals surface area contributed by atoms with E-state index in [-0.39, 0.29) is 42.2 Å². The normalized spacial score (nSPS) is 56.6. The molecule has 0 spiro atoms. The summed E-state index contributed by atoms with van der Waals surface area (Å²) in [5, 5.41) is 0. The minimum absolute atomic E-state index is 0.0425. The summed E-state index contributed by atoms with van der Waals surface area (Å²) in [6.07, 6.45) is 5.12. The largest absolute Gasteiger partial charge is 0.457 e. The summed E-state index contributed by atoms with van der Waals surface area (Å²) in [7, 11) is 1.66. The van der Waals surface area contributed by atoms with Gasteiger partial charge in [-0.15, -0.1) is 0 Å². The number of esters is 1. The molecule has 86 valence electrons. The summed E-state index contributed by atoms with van der Waals surface area (Å²) >= 11 is 0. The molecule has 0 unspecified atom stereocenters.